The number of anilines is 1. The maximum Gasteiger partial charge on any atom is 0.416 e. The quantitative estimate of drug-likeness (QED) is 0.320. The highest BCUT2D eigenvalue weighted by atomic mass is 35.5. The van der Waals surface area contributed by atoms with Gasteiger partial charge in [0, 0.05) is 28.0 Å². The fourth-order valence-corrected chi connectivity index (χ4v) is 3.65. The van der Waals surface area contributed by atoms with E-state index in [2.05, 4.69) is 15.5 Å². The number of aromatic nitrogens is 4. The molecule has 2 aromatic heterocycles. The van der Waals surface area contributed by atoms with Gasteiger partial charge in [0.05, 0.1) is 12.1 Å². The first-order valence-electron chi connectivity index (χ1n) is 10.2. The summed E-state index contributed by atoms with van der Waals surface area (Å²) in [5.41, 5.74) is 0.889. The molecule has 0 saturated carbocycles. The van der Waals surface area contributed by atoms with Gasteiger partial charge in [-0.1, -0.05) is 35.3 Å². The molecular weight excluding hydrogens is 506 g/mol. The number of halogens is 5. The van der Waals surface area contributed by atoms with Gasteiger partial charge in [-0.25, -0.2) is 4.68 Å². The first-order valence-corrected chi connectivity index (χ1v) is 11.0. The first kappa shape index (κ1) is 24.6. The monoisotopic (exact) mass is 523 g/mol. The van der Waals surface area contributed by atoms with Crippen molar-refractivity contribution in [1.29, 1.82) is 0 Å². The lowest BCUT2D eigenvalue weighted by Crippen LogP contribution is -2.15. The molecule has 0 aliphatic heterocycles. The van der Waals surface area contributed by atoms with E-state index in [0.29, 0.717) is 22.4 Å². The fraction of sp³-hybridized carbons (Fsp3) is 0.174. The predicted molar refractivity (Wildman–Crippen MR) is 125 cm³/mol. The van der Waals surface area contributed by atoms with Crippen LogP contribution in [0.3, 0.4) is 0 Å². The standard InChI is InChI=1S/C23H18Cl2F3N5O2/c1-14-9-21(31-33(14)12-15-5-6-17(24)11-19(15)25)29-22(34)20-7-8-32(30-20)13-35-18-4-2-3-16(10-18)23(26,27)28/h2-11H,12-13H2,1H3,(H,29,31,34). The van der Waals surface area contributed by atoms with Crippen LogP contribution in [0.4, 0.5) is 19.0 Å². The van der Waals surface area contributed by atoms with Crippen molar-refractivity contribution in [3.05, 3.63) is 93.4 Å². The number of hydrogen-bond acceptors (Lipinski definition) is 4. The maximum atomic E-state index is 12.8. The van der Waals surface area contributed by atoms with Crippen LogP contribution in [0.2, 0.25) is 10.0 Å². The third-order valence-corrected chi connectivity index (χ3v) is 5.54. The van der Waals surface area contributed by atoms with Crippen LogP contribution >= 0.6 is 23.2 Å². The van der Waals surface area contributed by atoms with E-state index >= 15 is 0 Å². The summed E-state index contributed by atoms with van der Waals surface area (Å²) in [6, 6.07) is 12.9. The summed E-state index contributed by atoms with van der Waals surface area (Å²) in [5.74, 6) is -0.146. The number of nitrogens with one attached hydrogen (secondary N) is 1. The molecule has 1 N–H and O–H groups in total. The number of benzene rings is 2. The van der Waals surface area contributed by atoms with Gasteiger partial charge < -0.3 is 10.1 Å². The third kappa shape index (κ3) is 6.14. The van der Waals surface area contributed by atoms with E-state index < -0.39 is 17.6 Å². The van der Waals surface area contributed by atoms with E-state index in [1.807, 2.05) is 6.92 Å². The molecule has 2 aromatic carbocycles. The molecule has 12 heteroatoms. The summed E-state index contributed by atoms with van der Waals surface area (Å²) in [6.07, 6.45) is -2.99. The second kappa shape index (κ2) is 10.0. The van der Waals surface area contributed by atoms with Crippen LogP contribution in [-0.2, 0) is 19.5 Å². The number of aryl methyl sites for hydroxylation is 1. The summed E-state index contributed by atoms with van der Waals surface area (Å²) >= 11 is 12.2. The lowest BCUT2D eigenvalue weighted by Gasteiger charge is -2.10. The molecule has 0 unspecified atom stereocenters. The normalized spacial score (nSPS) is 11.5. The summed E-state index contributed by atoms with van der Waals surface area (Å²) < 4.78 is 46.9. The van der Waals surface area contributed by atoms with Crippen LogP contribution in [-0.4, -0.2) is 25.5 Å². The van der Waals surface area contributed by atoms with Crippen LogP contribution in [0.1, 0.15) is 27.3 Å². The summed E-state index contributed by atoms with van der Waals surface area (Å²) in [4.78, 5) is 12.6. The Morgan fingerprint density at radius 1 is 1.09 bits per heavy atom. The molecule has 4 rings (SSSR count). The van der Waals surface area contributed by atoms with E-state index in [1.54, 1.807) is 28.9 Å². The zero-order valence-corrected chi connectivity index (χ0v) is 19.7. The highest BCUT2D eigenvalue weighted by Crippen LogP contribution is 2.31. The van der Waals surface area contributed by atoms with Crippen LogP contribution < -0.4 is 10.1 Å². The van der Waals surface area contributed by atoms with Gasteiger partial charge in [0.25, 0.3) is 5.91 Å². The SMILES string of the molecule is Cc1cc(NC(=O)c2ccn(COc3cccc(C(F)(F)F)c3)n2)nn1Cc1ccc(Cl)cc1Cl. The number of ether oxygens (including phenoxy) is 1. The number of hydrogen-bond donors (Lipinski definition) is 1. The van der Waals surface area contributed by atoms with E-state index in [0.717, 1.165) is 23.4 Å². The highest BCUT2D eigenvalue weighted by Gasteiger charge is 2.30. The van der Waals surface area contributed by atoms with Gasteiger partial charge in [-0.3, -0.25) is 9.48 Å². The molecule has 4 aromatic rings. The summed E-state index contributed by atoms with van der Waals surface area (Å²) in [6.45, 7) is 2.05. The first-order chi connectivity index (χ1) is 16.6. The number of carbonyl (C=O) groups excluding carboxylic acids is 1. The Labute approximate surface area is 208 Å². The Balaban J connectivity index is 1.37. The van der Waals surface area contributed by atoms with Crippen molar-refractivity contribution in [2.75, 3.05) is 5.32 Å². The lowest BCUT2D eigenvalue weighted by atomic mass is 10.2. The molecule has 7 nitrogen and oxygen atoms in total. The minimum absolute atomic E-state index is 0.0307. The second-order valence-electron chi connectivity index (χ2n) is 7.56. The zero-order chi connectivity index (χ0) is 25.2. The maximum absolute atomic E-state index is 12.8. The van der Waals surface area contributed by atoms with Gasteiger partial charge in [0.2, 0.25) is 0 Å². The number of amides is 1. The Bertz CT molecular complexity index is 1370. The van der Waals surface area contributed by atoms with Crippen molar-refractivity contribution in [2.45, 2.75) is 26.4 Å². The van der Waals surface area contributed by atoms with Gasteiger partial charge in [-0.15, -0.1) is 0 Å². The van der Waals surface area contributed by atoms with Gasteiger partial charge in [-0.05, 0) is 48.9 Å². The molecule has 35 heavy (non-hydrogen) atoms. The van der Waals surface area contributed by atoms with Gasteiger partial charge in [-0.2, -0.15) is 23.4 Å². The average Bonchev–Trinajstić information content (AvgIpc) is 3.40. The van der Waals surface area contributed by atoms with Crippen molar-refractivity contribution < 1.29 is 22.7 Å². The van der Waals surface area contributed by atoms with Crippen LogP contribution in [0.5, 0.6) is 5.75 Å². The van der Waals surface area contributed by atoms with Gasteiger partial charge >= 0.3 is 6.18 Å². The molecule has 0 saturated heterocycles. The third-order valence-electron chi connectivity index (χ3n) is 4.96. The van der Waals surface area contributed by atoms with E-state index in [9.17, 15) is 18.0 Å². The minimum Gasteiger partial charge on any atom is -0.471 e. The molecule has 0 spiro atoms. The summed E-state index contributed by atoms with van der Waals surface area (Å²) in [5, 5.41) is 12.2. The lowest BCUT2D eigenvalue weighted by molar-refractivity contribution is -0.137. The number of nitrogens with zero attached hydrogens (tertiary/aromatic N) is 4. The average molecular weight is 524 g/mol. The molecule has 2 heterocycles. The Hall–Kier alpha value is -3.50. The number of alkyl halides is 3. The summed E-state index contributed by atoms with van der Waals surface area (Å²) in [7, 11) is 0. The molecule has 182 valence electrons. The molecule has 0 fully saturated rings. The smallest absolute Gasteiger partial charge is 0.416 e. The second-order valence-corrected chi connectivity index (χ2v) is 8.40. The molecule has 1 amide bonds. The molecule has 0 atom stereocenters. The van der Waals surface area contributed by atoms with Gasteiger partial charge in [0.15, 0.2) is 18.2 Å². The predicted octanol–water partition coefficient (Wildman–Crippen LogP) is 6.05. The Kier molecular flexibility index (Phi) is 7.04. The van der Waals surface area contributed by atoms with E-state index in [4.69, 9.17) is 27.9 Å². The topological polar surface area (TPSA) is 74.0 Å². The van der Waals surface area contributed by atoms with Crippen molar-refractivity contribution in [3.8, 4) is 5.75 Å². The molecule has 0 bridgehead atoms. The Morgan fingerprint density at radius 2 is 1.89 bits per heavy atom. The molecular formula is C23H18Cl2F3N5O2. The van der Waals surface area contributed by atoms with Crippen LogP contribution in [0.15, 0.2) is 60.8 Å². The van der Waals surface area contributed by atoms with Crippen molar-refractivity contribution in [3.63, 3.8) is 0 Å². The van der Waals surface area contributed by atoms with Crippen molar-refractivity contribution in [2.24, 2.45) is 0 Å². The van der Waals surface area contributed by atoms with Crippen molar-refractivity contribution >= 4 is 34.9 Å². The molecule has 0 aliphatic carbocycles. The fourth-order valence-electron chi connectivity index (χ4n) is 3.18. The number of rotatable bonds is 7. The van der Waals surface area contributed by atoms with E-state index in [1.165, 1.54) is 29.1 Å². The molecule has 0 aliphatic rings. The van der Waals surface area contributed by atoms with Crippen LogP contribution in [0.25, 0.3) is 0 Å². The minimum atomic E-state index is -4.47. The zero-order valence-electron chi connectivity index (χ0n) is 18.2. The Morgan fingerprint density at radius 3 is 2.63 bits per heavy atom. The van der Waals surface area contributed by atoms with Gasteiger partial charge in [0.1, 0.15) is 5.75 Å². The van der Waals surface area contributed by atoms with Crippen LogP contribution in [0, 0.1) is 6.92 Å². The van der Waals surface area contributed by atoms with Crippen molar-refractivity contribution in [1.82, 2.24) is 19.6 Å². The highest BCUT2D eigenvalue weighted by molar-refractivity contribution is 6.35. The molecule has 0 radical (unpaired) electrons. The number of carbonyl (C=O) groups is 1. The van der Waals surface area contributed by atoms with E-state index in [-0.39, 0.29) is 18.2 Å². The largest absolute Gasteiger partial charge is 0.471 e.